The Balaban J connectivity index is 4.66. The number of allylic oxidation sites excluding steroid dienone is 17. The molecular formula is C50H82NO10P. The number of esters is 2. The van der Waals surface area contributed by atoms with Crippen molar-refractivity contribution in [2.75, 3.05) is 47.5 Å². The summed E-state index contributed by atoms with van der Waals surface area (Å²) in [5, 5.41) is 20.7. The molecule has 62 heavy (non-hydrogen) atoms. The number of carbonyl (C=O) groups excluding carboxylic acids is 2. The summed E-state index contributed by atoms with van der Waals surface area (Å²) in [5.74, 6) is -1.17. The SMILES string of the molecule is CC/C=C\C/C=C\C/C=C\C/C=C\C/C=C\CCCCCC(=O)O[C@H](COC(=O)CCC[C@H](O)[C@@H](O)C/C=C\C/C=C\C/C=C\C/C=C\CC)COP(=O)([O-])OCC[N+](C)(C)C. The van der Waals surface area contributed by atoms with Crippen LogP contribution < -0.4 is 4.89 Å². The molecule has 0 aromatic carbocycles. The van der Waals surface area contributed by atoms with E-state index in [9.17, 15) is 29.3 Å². The van der Waals surface area contributed by atoms with Gasteiger partial charge < -0.3 is 38.1 Å². The van der Waals surface area contributed by atoms with Gasteiger partial charge in [0.15, 0.2) is 6.10 Å². The topological polar surface area (TPSA) is 152 Å². The van der Waals surface area contributed by atoms with Gasteiger partial charge in [-0.15, -0.1) is 0 Å². The molecule has 4 atom stereocenters. The summed E-state index contributed by atoms with van der Waals surface area (Å²) in [6, 6.07) is 0. The molecule has 2 N–H and O–H groups in total. The molecule has 0 aliphatic heterocycles. The number of quaternary nitrogens is 1. The second kappa shape index (κ2) is 40.4. The molecule has 0 aromatic heterocycles. The van der Waals surface area contributed by atoms with Crippen molar-refractivity contribution >= 4 is 19.8 Å². The Bertz CT molecular complexity index is 1450. The molecule has 352 valence electrons. The maximum Gasteiger partial charge on any atom is 0.306 e. The van der Waals surface area contributed by atoms with Crippen molar-refractivity contribution in [3.63, 3.8) is 0 Å². The first-order chi connectivity index (χ1) is 29.8. The largest absolute Gasteiger partial charge is 0.756 e. The third-order valence-electron chi connectivity index (χ3n) is 8.99. The van der Waals surface area contributed by atoms with Gasteiger partial charge in [0.1, 0.15) is 19.8 Å². The fourth-order valence-electron chi connectivity index (χ4n) is 5.35. The Labute approximate surface area is 375 Å². The molecule has 11 nitrogen and oxygen atoms in total. The van der Waals surface area contributed by atoms with Gasteiger partial charge in [-0.25, -0.2) is 0 Å². The molecule has 0 saturated carbocycles. The summed E-state index contributed by atoms with van der Waals surface area (Å²) in [6.07, 6.45) is 47.2. The van der Waals surface area contributed by atoms with Crippen LogP contribution in [0.3, 0.4) is 0 Å². The van der Waals surface area contributed by atoms with Crippen LogP contribution in [0.5, 0.6) is 0 Å². The van der Waals surface area contributed by atoms with Crippen LogP contribution in [0, 0.1) is 0 Å². The van der Waals surface area contributed by atoms with E-state index in [1.165, 1.54) is 0 Å². The van der Waals surface area contributed by atoms with Gasteiger partial charge in [-0.05, 0) is 96.3 Å². The first kappa shape index (κ1) is 58.6. The van der Waals surface area contributed by atoms with Crippen LogP contribution in [0.15, 0.2) is 109 Å². The van der Waals surface area contributed by atoms with Gasteiger partial charge in [0.25, 0.3) is 7.82 Å². The van der Waals surface area contributed by atoms with Gasteiger partial charge in [-0.2, -0.15) is 0 Å². The quantitative estimate of drug-likeness (QED) is 0.0201. The maximum atomic E-state index is 12.7. The number of hydrogen-bond acceptors (Lipinski definition) is 10. The molecule has 1 unspecified atom stereocenters. The molecule has 0 aromatic rings. The molecule has 0 heterocycles. The number of aliphatic hydroxyl groups is 2. The molecule has 0 aliphatic rings. The number of nitrogens with zero attached hydrogens (tertiary/aromatic N) is 1. The predicted octanol–water partition coefficient (Wildman–Crippen LogP) is 10.4. The summed E-state index contributed by atoms with van der Waals surface area (Å²) >= 11 is 0. The Morgan fingerprint density at radius 3 is 1.55 bits per heavy atom. The molecule has 0 spiro atoms. The van der Waals surface area contributed by atoms with E-state index < -0.39 is 51.3 Å². The zero-order valence-electron chi connectivity index (χ0n) is 38.7. The standard InChI is InChI=1S/C50H82NO10P/c1-6-8-10-12-14-16-18-20-21-22-23-24-25-26-28-30-32-34-36-40-50(55)61-46(45-60-62(56,57)59-43-42-51(3,4)5)44-58-49(54)41-37-39-48(53)47(52)38-35-33-31-29-27-19-17-15-13-11-9-7-2/h8-11,14-17,20-21,23-24,26-29,33,35,46-48,52-53H,6-7,12-13,18-19,22,25,30-32,34,36-45H2,1-5H3/b10-8-,11-9-,16-14-,17-15-,21-20-,24-23-,28-26-,29-27-,35-33-/t46-,47+,48+/m1/s1. The van der Waals surface area contributed by atoms with Gasteiger partial charge in [0, 0.05) is 12.8 Å². The summed E-state index contributed by atoms with van der Waals surface area (Å²) in [5.41, 5.74) is 0. The monoisotopic (exact) mass is 888 g/mol. The van der Waals surface area contributed by atoms with E-state index in [1.807, 2.05) is 39.4 Å². The summed E-state index contributed by atoms with van der Waals surface area (Å²) in [6.45, 7) is 3.59. The van der Waals surface area contributed by atoms with Crippen LogP contribution in [0.1, 0.15) is 129 Å². The highest BCUT2D eigenvalue weighted by Gasteiger charge is 2.22. The molecule has 0 aliphatic carbocycles. The predicted molar refractivity (Wildman–Crippen MR) is 252 cm³/mol. The van der Waals surface area contributed by atoms with Crippen molar-refractivity contribution in [2.24, 2.45) is 0 Å². The number of hydrogen-bond donors (Lipinski definition) is 2. The van der Waals surface area contributed by atoms with Crippen molar-refractivity contribution < 1.29 is 52.3 Å². The number of ether oxygens (including phenoxy) is 2. The summed E-state index contributed by atoms with van der Waals surface area (Å²) < 4.78 is 33.7. The fraction of sp³-hybridized carbons (Fsp3) is 0.600. The zero-order chi connectivity index (χ0) is 46.0. The Morgan fingerprint density at radius 1 is 0.581 bits per heavy atom. The normalized spacial score (nSPS) is 15.5. The lowest BCUT2D eigenvalue weighted by Gasteiger charge is -2.28. The number of unbranched alkanes of at least 4 members (excludes halogenated alkanes) is 3. The Morgan fingerprint density at radius 2 is 1.05 bits per heavy atom. The number of likely N-dealkylation sites (N-methyl/N-ethyl adjacent to an activating group) is 1. The number of rotatable bonds is 39. The number of aliphatic hydroxyl groups excluding tert-OH is 2. The minimum atomic E-state index is -4.71. The van der Waals surface area contributed by atoms with Crippen molar-refractivity contribution in [2.45, 2.75) is 148 Å². The van der Waals surface area contributed by atoms with E-state index in [-0.39, 0.29) is 38.7 Å². The molecule has 0 fully saturated rings. The molecule has 0 bridgehead atoms. The average Bonchev–Trinajstić information content (AvgIpc) is 3.22. The Hall–Kier alpha value is -3.41. The van der Waals surface area contributed by atoms with E-state index >= 15 is 0 Å². The maximum absolute atomic E-state index is 12.7. The summed E-state index contributed by atoms with van der Waals surface area (Å²) in [7, 11) is 0.965. The van der Waals surface area contributed by atoms with Crippen molar-refractivity contribution in [1.29, 1.82) is 0 Å². The molecule has 0 radical (unpaired) electrons. The molecule has 0 amide bonds. The number of phosphoric acid groups is 1. The molecule has 12 heteroatoms. The highest BCUT2D eigenvalue weighted by Crippen LogP contribution is 2.38. The van der Waals surface area contributed by atoms with E-state index in [1.54, 1.807) is 0 Å². The van der Waals surface area contributed by atoms with Crippen LogP contribution in [-0.2, 0) is 32.7 Å². The Kier molecular flexibility index (Phi) is 38.1. The number of phosphoric ester groups is 1. The number of carbonyl (C=O) groups is 2. The highest BCUT2D eigenvalue weighted by molar-refractivity contribution is 7.45. The lowest BCUT2D eigenvalue weighted by atomic mass is 10.0. The van der Waals surface area contributed by atoms with Gasteiger partial charge >= 0.3 is 11.9 Å². The first-order valence-electron chi connectivity index (χ1n) is 22.8. The minimum Gasteiger partial charge on any atom is -0.756 e. The lowest BCUT2D eigenvalue weighted by Crippen LogP contribution is -2.37. The van der Waals surface area contributed by atoms with Gasteiger partial charge in [0.05, 0.1) is 40.0 Å². The van der Waals surface area contributed by atoms with Gasteiger partial charge in [-0.3, -0.25) is 14.2 Å². The average molecular weight is 888 g/mol. The van der Waals surface area contributed by atoms with Crippen molar-refractivity contribution in [3.05, 3.63) is 109 Å². The van der Waals surface area contributed by atoms with Crippen LogP contribution in [-0.4, -0.2) is 92.5 Å². The minimum absolute atomic E-state index is 0.0542. The molecule has 0 rings (SSSR count). The van der Waals surface area contributed by atoms with E-state index in [4.69, 9.17) is 18.5 Å². The smallest absolute Gasteiger partial charge is 0.306 e. The van der Waals surface area contributed by atoms with Crippen molar-refractivity contribution in [3.8, 4) is 0 Å². The summed E-state index contributed by atoms with van der Waals surface area (Å²) in [4.78, 5) is 37.7. The van der Waals surface area contributed by atoms with Crippen molar-refractivity contribution in [1.82, 2.24) is 0 Å². The molecular weight excluding hydrogens is 806 g/mol. The third-order valence-corrected chi connectivity index (χ3v) is 9.95. The van der Waals surface area contributed by atoms with Crippen LogP contribution in [0.4, 0.5) is 0 Å². The van der Waals surface area contributed by atoms with Crippen LogP contribution in [0.25, 0.3) is 0 Å². The first-order valence-corrected chi connectivity index (χ1v) is 24.2. The van der Waals surface area contributed by atoms with Gasteiger partial charge in [0.2, 0.25) is 0 Å². The second-order valence-electron chi connectivity index (χ2n) is 16.0. The third kappa shape index (κ3) is 41.9. The van der Waals surface area contributed by atoms with E-state index in [2.05, 4.69) is 105 Å². The van der Waals surface area contributed by atoms with E-state index in [0.29, 0.717) is 17.4 Å². The van der Waals surface area contributed by atoms with Crippen LogP contribution in [0.2, 0.25) is 0 Å². The second-order valence-corrected chi connectivity index (χ2v) is 17.4. The van der Waals surface area contributed by atoms with E-state index in [0.717, 1.165) is 77.0 Å². The molecule has 0 saturated heterocycles. The fourth-order valence-corrected chi connectivity index (χ4v) is 6.08. The highest BCUT2D eigenvalue weighted by atomic mass is 31.2. The van der Waals surface area contributed by atoms with Crippen LogP contribution >= 0.6 is 7.82 Å². The lowest BCUT2D eigenvalue weighted by molar-refractivity contribution is -0.870. The van der Waals surface area contributed by atoms with Gasteiger partial charge in [-0.1, -0.05) is 130 Å². The zero-order valence-corrected chi connectivity index (χ0v) is 39.6.